The third-order valence-corrected chi connectivity index (χ3v) is 6.92. The van der Waals surface area contributed by atoms with Crippen LogP contribution in [-0.4, -0.2) is 19.1 Å². The fourth-order valence-electron chi connectivity index (χ4n) is 5.36. The monoisotopic (exact) mass is 478 g/mol. The zero-order valence-electron chi connectivity index (χ0n) is 18.9. The summed E-state index contributed by atoms with van der Waals surface area (Å²) in [6, 6.07) is 7.57. The van der Waals surface area contributed by atoms with Gasteiger partial charge in [0, 0.05) is 12.2 Å². The SMILES string of the molecule is CCOC1CCC2CC(c3cc(F)c(C#Cc4ccc(OC(F)(F)F)cc4)c(F)c3)CCC2C1. The number of alkyl halides is 3. The van der Waals surface area contributed by atoms with Crippen LogP contribution in [0.4, 0.5) is 22.0 Å². The van der Waals surface area contributed by atoms with E-state index in [9.17, 15) is 22.0 Å². The fraction of sp³-hybridized carbons (Fsp3) is 0.481. The van der Waals surface area contributed by atoms with Gasteiger partial charge >= 0.3 is 6.36 Å². The lowest BCUT2D eigenvalue weighted by Gasteiger charge is -2.42. The number of ether oxygens (including phenoxy) is 2. The molecule has 34 heavy (non-hydrogen) atoms. The lowest BCUT2D eigenvalue weighted by atomic mass is 9.65. The molecule has 0 spiro atoms. The third kappa shape index (κ3) is 6.09. The quantitative estimate of drug-likeness (QED) is 0.338. The summed E-state index contributed by atoms with van der Waals surface area (Å²) < 4.78 is 75.9. The molecule has 4 unspecified atom stereocenters. The molecule has 2 aliphatic carbocycles. The average molecular weight is 479 g/mol. The first-order valence-corrected chi connectivity index (χ1v) is 11.7. The largest absolute Gasteiger partial charge is 0.573 e. The van der Waals surface area contributed by atoms with Crippen molar-refractivity contribution in [2.75, 3.05) is 6.61 Å². The van der Waals surface area contributed by atoms with Gasteiger partial charge in [-0.2, -0.15) is 0 Å². The highest BCUT2D eigenvalue weighted by Gasteiger charge is 2.36. The fourth-order valence-corrected chi connectivity index (χ4v) is 5.36. The molecule has 2 nitrogen and oxygen atoms in total. The smallest absolute Gasteiger partial charge is 0.406 e. The summed E-state index contributed by atoms with van der Waals surface area (Å²) in [5.74, 6) is 4.56. The van der Waals surface area contributed by atoms with E-state index in [1.807, 2.05) is 6.92 Å². The Morgan fingerprint density at radius 2 is 1.53 bits per heavy atom. The molecule has 2 saturated carbocycles. The summed E-state index contributed by atoms with van der Waals surface area (Å²) in [4.78, 5) is 0. The lowest BCUT2D eigenvalue weighted by Crippen LogP contribution is -2.33. The van der Waals surface area contributed by atoms with Crippen molar-refractivity contribution in [3.63, 3.8) is 0 Å². The lowest BCUT2D eigenvalue weighted by molar-refractivity contribution is -0.274. The third-order valence-electron chi connectivity index (χ3n) is 6.92. The molecule has 4 rings (SSSR count). The molecule has 182 valence electrons. The van der Waals surface area contributed by atoms with Crippen LogP contribution in [-0.2, 0) is 4.74 Å². The van der Waals surface area contributed by atoms with Gasteiger partial charge in [0.25, 0.3) is 0 Å². The van der Waals surface area contributed by atoms with Crippen LogP contribution in [0.5, 0.6) is 5.75 Å². The van der Waals surface area contributed by atoms with Gasteiger partial charge in [0.2, 0.25) is 0 Å². The minimum absolute atomic E-state index is 0.122. The second-order valence-corrected chi connectivity index (χ2v) is 9.10. The molecule has 0 heterocycles. The molecule has 0 bridgehead atoms. The molecule has 0 aliphatic heterocycles. The topological polar surface area (TPSA) is 18.5 Å². The second kappa shape index (κ2) is 10.4. The normalized spacial score (nSPS) is 24.6. The molecule has 2 aliphatic rings. The molecular formula is C27H27F5O2. The van der Waals surface area contributed by atoms with Crippen LogP contribution in [0.2, 0.25) is 0 Å². The number of halogens is 5. The van der Waals surface area contributed by atoms with Crippen molar-refractivity contribution in [3.05, 3.63) is 64.7 Å². The predicted octanol–water partition coefficient (Wildman–Crippen LogP) is 7.35. The second-order valence-electron chi connectivity index (χ2n) is 9.10. The van der Waals surface area contributed by atoms with E-state index in [4.69, 9.17) is 4.74 Å². The van der Waals surface area contributed by atoms with Gasteiger partial charge in [-0.3, -0.25) is 0 Å². The Hall–Kier alpha value is -2.59. The van der Waals surface area contributed by atoms with Gasteiger partial charge in [-0.05, 0) is 105 Å². The van der Waals surface area contributed by atoms with Crippen molar-refractivity contribution in [2.45, 2.75) is 63.8 Å². The molecule has 0 amide bonds. The molecule has 2 fully saturated rings. The Morgan fingerprint density at radius 3 is 2.18 bits per heavy atom. The maximum atomic E-state index is 14.8. The van der Waals surface area contributed by atoms with Gasteiger partial charge < -0.3 is 9.47 Å². The summed E-state index contributed by atoms with van der Waals surface area (Å²) in [5, 5.41) is 0. The van der Waals surface area contributed by atoms with Gasteiger partial charge in [0.05, 0.1) is 11.7 Å². The summed E-state index contributed by atoms with van der Waals surface area (Å²) in [5.41, 5.74) is 0.642. The van der Waals surface area contributed by atoms with E-state index in [2.05, 4.69) is 16.6 Å². The van der Waals surface area contributed by atoms with Crippen molar-refractivity contribution < 1.29 is 31.4 Å². The van der Waals surface area contributed by atoms with E-state index in [0.29, 0.717) is 29.1 Å². The van der Waals surface area contributed by atoms with E-state index < -0.39 is 18.0 Å². The van der Waals surface area contributed by atoms with Gasteiger partial charge in [-0.15, -0.1) is 13.2 Å². The van der Waals surface area contributed by atoms with Crippen LogP contribution in [0, 0.1) is 35.3 Å². The summed E-state index contributed by atoms with van der Waals surface area (Å²) in [6.07, 6.45) is 1.63. The van der Waals surface area contributed by atoms with Crippen molar-refractivity contribution >= 4 is 0 Å². The Balaban J connectivity index is 1.43. The zero-order chi connectivity index (χ0) is 24.3. The maximum Gasteiger partial charge on any atom is 0.573 e. The number of hydrogen-bond donors (Lipinski definition) is 0. The number of fused-ring (bicyclic) bond motifs is 1. The van der Waals surface area contributed by atoms with Crippen LogP contribution in [0.25, 0.3) is 0 Å². The minimum atomic E-state index is -4.79. The molecule has 0 aromatic heterocycles. The van der Waals surface area contributed by atoms with Crippen LogP contribution in [0.3, 0.4) is 0 Å². The standard InChI is InChI=1S/C27H27F5O2/c1-2-33-23-11-8-18-13-19(6-7-20(18)14-23)21-15-25(28)24(26(29)16-21)12-5-17-3-9-22(10-4-17)34-27(30,31)32/h3-4,9-10,15-16,18-20,23H,2,6-8,11,13-14H2,1H3. The highest BCUT2D eigenvalue weighted by atomic mass is 19.4. The first-order valence-electron chi connectivity index (χ1n) is 11.7. The van der Waals surface area contributed by atoms with Crippen LogP contribution < -0.4 is 4.74 Å². The Bertz CT molecular complexity index is 1030. The minimum Gasteiger partial charge on any atom is -0.406 e. The van der Waals surface area contributed by atoms with E-state index in [0.717, 1.165) is 57.3 Å². The molecular weight excluding hydrogens is 451 g/mol. The van der Waals surface area contributed by atoms with E-state index in [1.54, 1.807) is 0 Å². The maximum absolute atomic E-state index is 14.8. The molecule has 0 N–H and O–H groups in total. The highest BCUT2D eigenvalue weighted by Crippen LogP contribution is 2.47. The van der Waals surface area contributed by atoms with Crippen molar-refractivity contribution in [3.8, 4) is 17.6 Å². The van der Waals surface area contributed by atoms with E-state index >= 15 is 0 Å². The van der Waals surface area contributed by atoms with Crippen molar-refractivity contribution in [1.29, 1.82) is 0 Å². The van der Waals surface area contributed by atoms with Gasteiger partial charge in [-0.25, -0.2) is 8.78 Å². The van der Waals surface area contributed by atoms with Crippen molar-refractivity contribution in [1.82, 2.24) is 0 Å². The molecule has 0 saturated heterocycles. The molecule has 2 aromatic carbocycles. The predicted molar refractivity (Wildman–Crippen MR) is 118 cm³/mol. The summed E-state index contributed by atoms with van der Waals surface area (Å²) in [7, 11) is 0. The highest BCUT2D eigenvalue weighted by molar-refractivity contribution is 5.46. The number of rotatable bonds is 4. The van der Waals surface area contributed by atoms with Crippen LogP contribution >= 0.6 is 0 Å². The van der Waals surface area contributed by atoms with Gasteiger partial charge in [-0.1, -0.05) is 11.8 Å². The van der Waals surface area contributed by atoms with Crippen LogP contribution in [0.15, 0.2) is 36.4 Å². The molecule has 4 atom stereocenters. The molecule has 7 heteroatoms. The zero-order valence-corrected chi connectivity index (χ0v) is 18.9. The van der Waals surface area contributed by atoms with Gasteiger partial charge in [0.15, 0.2) is 0 Å². The van der Waals surface area contributed by atoms with E-state index in [1.165, 1.54) is 24.3 Å². The van der Waals surface area contributed by atoms with Crippen LogP contribution in [0.1, 0.15) is 68.1 Å². The Labute approximate surface area is 196 Å². The Kier molecular flexibility index (Phi) is 7.47. The van der Waals surface area contributed by atoms with Crippen molar-refractivity contribution in [2.24, 2.45) is 11.8 Å². The van der Waals surface area contributed by atoms with Gasteiger partial charge in [0.1, 0.15) is 17.4 Å². The first kappa shape index (κ1) is 24.5. The number of benzene rings is 2. The number of hydrogen-bond acceptors (Lipinski definition) is 2. The first-order chi connectivity index (χ1) is 16.2. The summed E-state index contributed by atoms with van der Waals surface area (Å²) >= 11 is 0. The van der Waals surface area contributed by atoms with E-state index in [-0.39, 0.29) is 17.2 Å². The molecule has 2 aromatic rings. The Morgan fingerprint density at radius 1 is 0.882 bits per heavy atom. The summed E-state index contributed by atoms with van der Waals surface area (Å²) in [6.45, 7) is 2.75. The molecule has 0 radical (unpaired) electrons. The average Bonchev–Trinajstić information content (AvgIpc) is 2.78.